The summed E-state index contributed by atoms with van der Waals surface area (Å²) in [5.74, 6) is 1.24. The van der Waals surface area contributed by atoms with E-state index in [-0.39, 0.29) is 17.1 Å². The lowest BCUT2D eigenvalue weighted by Gasteiger charge is -2.33. The van der Waals surface area contributed by atoms with Crippen LogP contribution in [0.2, 0.25) is 10.0 Å². The Morgan fingerprint density at radius 3 is 2.74 bits per heavy atom. The third kappa shape index (κ3) is 5.54. The van der Waals surface area contributed by atoms with Crippen molar-refractivity contribution in [3.05, 3.63) is 44.2 Å². The smallest absolute Gasteiger partial charge is 0.235 e. The fourth-order valence-corrected chi connectivity index (χ4v) is 6.75. The summed E-state index contributed by atoms with van der Waals surface area (Å²) in [6.45, 7) is 9.43. The lowest BCUT2D eigenvalue weighted by Crippen LogP contribution is -2.26. The Hall–Kier alpha value is -2.05. The molecule has 0 spiro atoms. The first kappa shape index (κ1) is 26.0. The van der Waals surface area contributed by atoms with Gasteiger partial charge in [-0.2, -0.15) is 5.26 Å². The van der Waals surface area contributed by atoms with Gasteiger partial charge in [0.25, 0.3) is 0 Å². The van der Waals surface area contributed by atoms with Gasteiger partial charge in [-0.25, -0.2) is 0 Å². The van der Waals surface area contributed by atoms with Crippen LogP contribution in [0.25, 0.3) is 11.4 Å². The van der Waals surface area contributed by atoms with Gasteiger partial charge in [-0.05, 0) is 61.3 Å². The molecule has 6 nitrogen and oxygen atoms in total. The molecular formula is C25H27Cl2N5OS2. The van der Waals surface area contributed by atoms with Gasteiger partial charge in [0.05, 0.1) is 21.4 Å². The van der Waals surface area contributed by atoms with E-state index >= 15 is 0 Å². The number of thioether (sulfide) groups is 1. The van der Waals surface area contributed by atoms with Crippen molar-refractivity contribution in [3.8, 4) is 17.5 Å². The first-order valence-corrected chi connectivity index (χ1v) is 14.0. The third-order valence-corrected chi connectivity index (χ3v) is 9.27. The first-order chi connectivity index (χ1) is 16.6. The van der Waals surface area contributed by atoms with Crippen molar-refractivity contribution < 1.29 is 4.79 Å². The summed E-state index contributed by atoms with van der Waals surface area (Å²) in [7, 11) is 0. The molecular weight excluding hydrogens is 521 g/mol. The Bertz CT molecular complexity index is 1300. The van der Waals surface area contributed by atoms with E-state index < -0.39 is 0 Å². The van der Waals surface area contributed by atoms with Crippen molar-refractivity contribution in [1.29, 1.82) is 5.26 Å². The topological polar surface area (TPSA) is 83.6 Å². The molecule has 1 unspecified atom stereocenters. The highest BCUT2D eigenvalue weighted by Gasteiger charge is 2.32. The maximum absolute atomic E-state index is 12.8. The zero-order valence-corrected chi connectivity index (χ0v) is 23.3. The van der Waals surface area contributed by atoms with E-state index in [1.165, 1.54) is 16.6 Å². The molecule has 1 amide bonds. The van der Waals surface area contributed by atoms with Crippen LogP contribution in [0.1, 0.15) is 50.1 Å². The number of rotatable bonds is 6. The molecule has 1 N–H and O–H groups in total. The number of amides is 1. The summed E-state index contributed by atoms with van der Waals surface area (Å²) in [5, 5.41) is 23.6. The fourth-order valence-electron chi connectivity index (χ4n) is 4.35. The maximum atomic E-state index is 12.8. The summed E-state index contributed by atoms with van der Waals surface area (Å²) >= 11 is 15.1. The number of fused-ring (bicyclic) bond motifs is 1. The van der Waals surface area contributed by atoms with Gasteiger partial charge < -0.3 is 9.88 Å². The number of hydrogen-bond donors (Lipinski definition) is 1. The van der Waals surface area contributed by atoms with Gasteiger partial charge in [0, 0.05) is 17.0 Å². The Morgan fingerprint density at radius 1 is 1.31 bits per heavy atom. The molecule has 0 radical (unpaired) electrons. The number of anilines is 1. The molecule has 184 valence electrons. The molecule has 1 atom stereocenters. The van der Waals surface area contributed by atoms with Crippen molar-refractivity contribution in [2.45, 2.75) is 58.7 Å². The van der Waals surface area contributed by atoms with Gasteiger partial charge in [-0.3, -0.25) is 4.79 Å². The van der Waals surface area contributed by atoms with E-state index in [0.29, 0.717) is 44.1 Å². The molecule has 1 aliphatic rings. The Morgan fingerprint density at radius 2 is 2.09 bits per heavy atom. The predicted octanol–water partition coefficient (Wildman–Crippen LogP) is 7.09. The molecule has 0 fully saturated rings. The van der Waals surface area contributed by atoms with Crippen LogP contribution < -0.4 is 5.32 Å². The Kier molecular flexibility index (Phi) is 7.82. The highest BCUT2D eigenvalue weighted by atomic mass is 35.5. The summed E-state index contributed by atoms with van der Waals surface area (Å²) < 4.78 is 1.94. The van der Waals surface area contributed by atoms with Gasteiger partial charge in [0.2, 0.25) is 5.91 Å². The molecule has 1 aliphatic carbocycles. The molecule has 0 aliphatic heterocycles. The number of carbonyl (C=O) groups excluding carboxylic acids is 1. The van der Waals surface area contributed by atoms with Crippen molar-refractivity contribution >= 4 is 57.2 Å². The standard InChI is InChI=1S/C25H27Cl2N5OS2/c1-5-32-22(14-6-9-18(26)19(27)10-14)30-31-24(32)34-13-21(33)29-23-17(12-28)16-8-7-15(25(2,3)4)11-20(16)35-23/h6,9-10,15H,5,7-8,11,13H2,1-4H3,(H,29,33). The quantitative estimate of drug-likeness (QED) is 0.333. The highest BCUT2D eigenvalue weighted by Crippen LogP contribution is 2.44. The van der Waals surface area contributed by atoms with E-state index in [1.807, 2.05) is 17.6 Å². The SMILES string of the molecule is CCn1c(SCC(=O)Nc2sc3c(c2C#N)CCC(C(C)(C)C)C3)nnc1-c1ccc(Cl)c(Cl)c1. The largest absolute Gasteiger partial charge is 0.316 e. The number of thiophene rings is 1. The minimum absolute atomic E-state index is 0.164. The second-order valence-corrected chi connectivity index (χ2v) is 12.5. The molecule has 35 heavy (non-hydrogen) atoms. The lowest BCUT2D eigenvalue weighted by atomic mass is 9.72. The number of aromatic nitrogens is 3. The number of halogens is 2. The van der Waals surface area contributed by atoms with Crippen LogP contribution in [-0.2, 0) is 24.2 Å². The van der Waals surface area contributed by atoms with Crippen LogP contribution in [0.3, 0.4) is 0 Å². The van der Waals surface area contributed by atoms with Crippen LogP contribution in [0, 0.1) is 22.7 Å². The number of hydrogen-bond acceptors (Lipinski definition) is 6. The zero-order chi connectivity index (χ0) is 25.3. The van der Waals surface area contributed by atoms with Gasteiger partial charge in [0.1, 0.15) is 11.1 Å². The molecule has 0 saturated heterocycles. The van der Waals surface area contributed by atoms with Gasteiger partial charge in [-0.15, -0.1) is 21.5 Å². The second kappa shape index (κ2) is 10.5. The number of carbonyl (C=O) groups is 1. The van der Waals surface area contributed by atoms with Crippen molar-refractivity contribution in [3.63, 3.8) is 0 Å². The van der Waals surface area contributed by atoms with Crippen LogP contribution in [0.4, 0.5) is 5.00 Å². The Labute approximate surface area is 224 Å². The second-order valence-electron chi connectivity index (χ2n) is 9.64. The number of benzene rings is 1. The maximum Gasteiger partial charge on any atom is 0.235 e. The monoisotopic (exact) mass is 547 g/mol. The first-order valence-electron chi connectivity index (χ1n) is 11.5. The van der Waals surface area contributed by atoms with Gasteiger partial charge in [-0.1, -0.05) is 55.7 Å². The minimum atomic E-state index is -0.167. The molecule has 2 aromatic heterocycles. The minimum Gasteiger partial charge on any atom is -0.316 e. The summed E-state index contributed by atoms with van der Waals surface area (Å²) in [4.78, 5) is 14.1. The van der Waals surface area contributed by atoms with Crippen LogP contribution in [0.15, 0.2) is 23.4 Å². The number of nitriles is 1. The normalized spacial score (nSPS) is 15.5. The molecule has 1 aromatic carbocycles. The summed E-state index contributed by atoms with van der Waals surface area (Å²) in [6, 6.07) is 7.66. The number of nitrogens with one attached hydrogen (secondary N) is 1. The molecule has 10 heteroatoms. The van der Waals surface area contributed by atoms with Crippen LogP contribution >= 0.6 is 46.3 Å². The highest BCUT2D eigenvalue weighted by molar-refractivity contribution is 7.99. The average Bonchev–Trinajstić information content (AvgIpc) is 3.38. The van der Waals surface area contributed by atoms with Crippen LogP contribution in [-0.4, -0.2) is 26.4 Å². The fraction of sp³-hybridized carbons (Fsp3) is 0.440. The summed E-state index contributed by atoms with van der Waals surface area (Å²) in [6.07, 6.45) is 2.91. The van der Waals surface area contributed by atoms with Crippen molar-refractivity contribution in [2.24, 2.45) is 11.3 Å². The van der Waals surface area contributed by atoms with E-state index in [0.717, 1.165) is 30.4 Å². The Balaban J connectivity index is 1.46. The molecule has 4 rings (SSSR count). The van der Waals surface area contributed by atoms with Gasteiger partial charge >= 0.3 is 0 Å². The third-order valence-electron chi connectivity index (χ3n) is 6.40. The van der Waals surface area contributed by atoms with Crippen LogP contribution in [0.5, 0.6) is 0 Å². The summed E-state index contributed by atoms with van der Waals surface area (Å²) in [5.41, 5.74) is 2.76. The number of nitrogens with zero attached hydrogens (tertiary/aromatic N) is 4. The zero-order valence-electron chi connectivity index (χ0n) is 20.1. The van der Waals surface area contributed by atoms with Crippen molar-refractivity contribution in [1.82, 2.24) is 14.8 Å². The van der Waals surface area contributed by atoms with E-state index in [2.05, 4.69) is 42.4 Å². The predicted molar refractivity (Wildman–Crippen MR) is 145 cm³/mol. The van der Waals surface area contributed by atoms with E-state index in [1.54, 1.807) is 23.5 Å². The van der Waals surface area contributed by atoms with Crippen molar-refractivity contribution in [2.75, 3.05) is 11.1 Å². The van der Waals surface area contributed by atoms with Gasteiger partial charge in [0.15, 0.2) is 11.0 Å². The molecule has 0 bridgehead atoms. The van der Waals surface area contributed by atoms with E-state index in [9.17, 15) is 10.1 Å². The molecule has 0 saturated carbocycles. The average molecular weight is 549 g/mol. The lowest BCUT2D eigenvalue weighted by molar-refractivity contribution is -0.113. The molecule has 2 heterocycles. The molecule has 3 aromatic rings. The van der Waals surface area contributed by atoms with E-state index in [4.69, 9.17) is 23.2 Å².